The van der Waals surface area contributed by atoms with E-state index in [9.17, 15) is 14.7 Å². The van der Waals surface area contributed by atoms with E-state index in [0.29, 0.717) is 0 Å². The van der Waals surface area contributed by atoms with Crippen LogP contribution >= 0.6 is 0 Å². The third-order valence-corrected chi connectivity index (χ3v) is 4.31. The number of rotatable bonds is 3. The fraction of sp³-hybridized carbons (Fsp3) is 0.500. The highest BCUT2D eigenvalue weighted by atomic mass is 16.5. The number of aromatic carboxylic acids is 1. The van der Waals surface area contributed by atoms with Gasteiger partial charge in [-0.25, -0.2) is 9.59 Å². The summed E-state index contributed by atoms with van der Waals surface area (Å²) in [7, 11) is 0. The molecule has 0 atom stereocenters. The van der Waals surface area contributed by atoms with Crippen molar-refractivity contribution in [2.24, 2.45) is 0 Å². The Balaban J connectivity index is 1.84. The van der Waals surface area contributed by atoms with Gasteiger partial charge >= 0.3 is 11.9 Å². The average Bonchev–Trinajstić information content (AvgIpc) is 2.40. The van der Waals surface area contributed by atoms with Crippen LogP contribution in [0.2, 0.25) is 0 Å². The number of carboxylic acids is 1. The Morgan fingerprint density at radius 3 is 2.45 bits per heavy atom. The molecule has 2 aliphatic carbocycles. The quantitative estimate of drug-likeness (QED) is 0.861. The van der Waals surface area contributed by atoms with Crippen LogP contribution in [0.25, 0.3) is 0 Å². The molecule has 3 rings (SSSR count). The topological polar surface area (TPSA) is 63.6 Å². The molecule has 1 fully saturated rings. The lowest BCUT2D eigenvalue weighted by molar-refractivity contribution is 0.0206. The lowest BCUT2D eigenvalue weighted by atomic mass is 9.82. The van der Waals surface area contributed by atoms with E-state index < -0.39 is 11.9 Å². The van der Waals surface area contributed by atoms with E-state index >= 15 is 0 Å². The van der Waals surface area contributed by atoms with Crippen molar-refractivity contribution in [3.05, 3.63) is 34.4 Å². The Hall–Kier alpha value is -1.84. The minimum Gasteiger partial charge on any atom is -0.478 e. The normalized spacial score (nSPS) is 18.0. The van der Waals surface area contributed by atoms with Gasteiger partial charge in [-0.05, 0) is 55.7 Å². The van der Waals surface area contributed by atoms with E-state index in [-0.39, 0.29) is 17.2 Å². The molecule has 0 unspecified atom stereocenters. The van der Waals surface area contributed by atoms with Gasteiger partial charge in [-0.2, -0.15) is 0 Å². The first-order valence-electron chi connectivity index (χ1n) is 7.26. The second kappa shape index (κ2) is 5.27. The summed E-state index contributed by atoms with van der Waals surface area (Å²) in [5.74, 6) is -1.51. The second-order valence-electron chi connectivity index (χ2n) is 5.60. The molecule has 0 bridgehead atoms. The number of aryl methyl sites for hydroxylation is 1. The number of hydrogen-bond donors (Lipinski definition) is 1. The molecule has 4 heteroatoms. The van der Waals surface area contributed by atoms with E-state index in [1.54, 1.807) is 6.07 Å². The fourth-order valence-electron chi connectivity index (χ4n) is 3.11. The second-order valence-corrected chi connectivity index (χ2v) is 5.60. The van der Waals surface area contributed by atoms with Crippen LogP contribution in [0.4, 0.5) is 0 Å². The maximum Gasteiger partial charge on any atom is 0.339 e. The summed E-state index contributed by atoms with van der Waals surface area (Å²) < 4.78 is 5.48. The van der Waals surface area contributed by atoms with E-state index in [1.165, 1.54) is 6.42 Å². The van der Waals surface area contributed by atoms with Gasteiger partial charge in [0.15, 0.2) is 0 Å². The maximum atomic E-state index is 12.2. The van der Waals surface area contributed by atoms with Crippen molar-refractivity contribution in [1.82, 2.24) is 0 Å². The largest absolute Gasteiger partial charge is 0.478 e. The number of ether oxygens (including phenoxy) is 1. The summed E-state index contributed by atoms with van der Waals surface area (Å²) in [4.78, 5) is 23.7. The molecule has 20 heavy (non-hydrogen) atoms. The van der Waals surface area contributed by atoms with Crippen molar-refractivity contribution in [3.8, 4) is 0 Å². The number of hydrogen-bond acceptors (Lipinski definition) is 3. The highest BCUT2D eigenvalue weighted by Crippen LogP contribution is 2.30. The molecular weight excluding hydrogens is 256 g/mol. The molecule has 0 aromatic heterocycles. The minimum absolute atomic E-state index is 0.0519. The lowest BCUT2D eigenvalue weighted by Crippen LogP contribution is -2.24. The van der Waals surface area contributed by atoms with Gasteiger partial charge in [0.1, 0.15) is 6.10 Å². The summed E-state index contributed by atoms with van der Waals surface area (Å²) in [6.45, 7) is 0. The fourth-order valence-corrected chi connectivity index (χ4v) is 3.11. The Kier molecular flexibility index (Phi) is 3.47. The predicted octanol–water partition coefficient (Wildman–Crippen LogP) is 2.97. The van der Waals surface area contributed by atoms with Crippen LogP contribution in [0, 0.1) is 0 Å². The number of benzene rings is 1. The van der Waals surface area contributed by atoms with Crippen LogP contribution in [0.3, 0.4) is 0 Å². The zero-order valence-corrected chi connectivity index (χ0v) is 11.4. The Morgan fingerprint density at radius 1 is 1.10 bits per heavy atom. The third-order valence-electron chi connectivity index (χ3n) is 4.31. The van der Waals surface area contributed by atoms with Crippen molar-refractivity contribution in [3.63, 3.8) is 0 Å². The van der Waals surface area contributed by atoms with Gasteiger partial charge in [0.2, 0.25) is 0 Å². The van der Waals surface area contributed by atoms with Crippen LogP contribution in [-0.4, -0.2) is 23.1 Å². The van der Waals surface area contributed by atoms with Gasteiger partial charge in [-0.1, -0.05) is 12.5 Å². The van der Waals surface area contributed by atoms with Gasteiger partial charge in [0, 0.05) is 0 Å². The smallest absolute Gasteiger partial charge is 0.339 e. The SMILES string of the molecule is O=C(OC1CCCCC1)c1ccc2c(c1C(=O)O)CC2. The van der Waals surface area contributed by atoms with E-state index in [0.717, 1.165) is 49.7 Å². The molecule has 1 saturated carbocycles. The number of carbonyl (C=O) groups is 2. The Labute approximate surface area is 117 Å². The Bertz CT molecular complexity index is 556. The molecule has 0 saturated heterocycles. The van der Waals surface area contributed by atoms with E-state index in [2.05, 4.69) is 0 Å². The van der Waals surface area contributed by atoms with Crippen molar-refractivity contribution in [1.29, 1.82) is 0 Å². The number of esters is 1. The van der Waals surface area contributed by atoms with Crippen molar-refractivity contribution < 1.29 is 19.4 Å². The zero-order chi connectivity index (χ0) is 14.1. The van der Waals surface area contributed by atoms with Gasteiger partial charge < -0.3 is 9.84 Å². The van der Waals surface area contributed by atoms with Gasteiger partial charge in [-0.15, -0.1) is 0 Å². The highest BCUT2D eigenvalue weighted by Gasteiger charge is 2.29. The number of carboxylic acid groups (broad SMARTS) is 1. The van der Waals surface area contributed by atoms with Gasteiger partial charge in [0.05, 0.1) is 11.1 Å². The standard InChI is InChI=1S/C16H18O4/c17-15(18)14-12-8-6-10(12)7-9-13(14)16(19)20-11-4-2-1-3-5-11/h7,9,11H,1-6,8H2,(H,17,18). The van der Waals surface area contributed by atoms with Crippen molar-refractivity contribution in [2.45, 2.75) is 51.0 Å². The zero-order valence-electron chi connectivity index (χ0n) is 11.4. The summed E-state index contributed by atoms with van der Waals surface area (Å²) in [5.41, 5.74) is 2.20. The molecule has 1 N–H and O–H groups in total. The average molecular weight is 274 g/mol. The molecule has 4 nitrogen and oxygen atoms in total. The molecule has 2 aliphatic rings. The minimum atomic E-state index is -1.03. The molecule has 0 amide bonds. The van der Waals surface area contributed by atoms with Gasteiger partial charge in [-0.3, -0.25) is 0 Å². The summed E-state index contributed by atoms with van der Waals surface area (Å²) in [6, 6.07) is 3.45. The van der Waals surface area contributed by atoms with E-state index in [4.69, 9.17) is 4.74 Å². The van der Waals surface area contributed by atoms with Crippen LogP contribution in [0.15, 0.2) is 12.1 Å². The molecule has 0 heterocycles. The molecule has 0 aliphatic heterocycles. The summed E-state index contributed by atoms with van der Waals surface area (Å²) in [5, 5.41) is 9.35. The van der Waals surface area contributed by atoms with E-state index in [1.807, 2.05) is 6.07 Å². The first-order valence-corrected chi connectivity index (χ1v) is 7.26. The predicted molar refractivity (Wildman–Crippen MR) is 73.1 cm³/mol. The highest BCUT2D eigenvalue weighted by molar-refractivity contribution is 6.04. The molecule has 1 aromatic carbocycles. The molecule has 106 valence electrons. The first-order chi connectivity index (χ1) is 9.66. The maximum absolute atomic E-state index is 12.2. The summed E-state index contributed by atoms with van der Waals surface area (Å²) >= 11 is 0. The van der Waals surface area contributed by atoms with Crippen molar-refractivity contribution >= 4 is 11.9 Å². The molecule has 0 radical (unpaired) electrons. The molecular formula is C16H18O4. The molecule has 0 spiro atoms. The monoisotopic (exact) mass is 274 g/mol. The van der Waals surface area contributed by atoms with Gasteiger partial charge in [0.25, 0.3) is 0 Å². The summed E-state index contributed by atoms with van der Waals surface area (Å²) in [6.07, 6.45) is 6.70. The Morgan fingerprint density at radius 2 is 1.85 bits per heavy atom. The van der Waals surface area contributed by atoms with Crippen LogP contribution in [0.1, 0.15) is 63.9 Å². The third kappa shape index (κ3) is 2.30. The van der Waals surface area contributed by atoms with Crippen molar-refractivity contribution in [2.75, 3.05) is 0 Å². The lowest BCUT2D eigenvalue weighted by Gasteiger charge is -2.25. The van der Waals surface area contributed by atoms with Crippen LogP contribution in [-0.2, 0) is 17.6 Å². The first kappa shape index (κ1) is 13.2. The number of fused-ring (bicyclic) bond motifs is 1. The number of carbonyl (C=O) groups excluding carboxylic acids is 1. The van der Waals surface area contributed by atoms with Crippen LogP contribution < -0.4 is 0 Å². The van der Waals surface area contributed by atoms with Crippen LogP contribution in [0.5, 0.6) is 0 Å². The molecule has 1 aromatic rings.